The summed E-state index contributed by atoms with van der Waals surface area (Å²) < 4.78 is 6.55. The van der Waals surface area contributed by atoms with Crippen LogP contribution in [0.25, 0.3) is 66.4 Å². The van der Waals surface area contributed by atoms with Crippen LogP contribution in [-0.2, 0) is 5.41 Å². The van der Waals surface area contributed by atoms with Crippen LogP contribution in [0.2, 0.25) is 0 Å². The van der Waals surface area contributed by atoms with E-state index in [1.54, 1.807) is 0 Å². The maximum atomic E-state index is 6.55. The maximum Gasteiger partial charge on any atom is 0.143 e. The van der Waals surface area contributed by atoms with Gasteiger partial charge < -0.3 is 9.32 Å². The quantitative estimate of drug-likeness (QED) is 0.180. The molecular formula is C51H37NO. The Morgan fingerprint density at radius 3 is 1.53 bits per heavy atom. The third kappa shape index (κ3) is 5.18. The smallest absolute Gasteiger partial charge is 0.143 e. The van der Waals surface area contributed by atoms with E-state index in [0.29, 0.717) is 0 Å². The molecule has 0 N–H and O–H groups in total. The molecule has 53 heavy (non-hydrogen) atoms. The number of nitrogens with zero attached hydrogens (tertiary/aromatic N) is 1. The Morgan fingerprint density at radius 1 is 0.396 bits per heavy atom. The van der Waals surface area contributed by atoms with E-state index in [4.69, 9.17) is 4.42 Å². The standard InChI is InChI=1S/C51H37NO/c1-51(2)45-32-37(34-15-6-3-7-16-34)25-27-47(45)52(41-30-39(35-17-8-4-9-18-35)29-40(31-41)36-19-10-5-11-20-36)48-28-26-38(33-46(48)51)42-22-14-23-44-43-21-12-13-24-49(43)53-50(42)44/h3-33H,1-2H3. The van der Waals surface area contributed by atoms with Gasteiger partial charge in [0.2, 0.25) is 0 Å². The van der Waals surface area contributed by atoms with E-state index >= 15 is 0 Å². The highest BCUT2D eigenvalue weighted by Crippen LogP contribution is 2.54. The first-order valence-electron chi connectivity index (χ1n) is 18.3. The predicted molar refractivity (Wildman–Crippen MR) is 222 cm³/mol. The van der Waals surface area contributed by atoms with Crippen LogP contribution in [0, 0.1) is 0 Å². The summed E-state index contributed by atoms with van der Waals surface area (Å²) >= 11 is 0. The first-order chi connectivity index (χ1) is 26.0. The molecule has 2 heterocycles. The van der Waals surface area contributed by atoms with Gasteiger partial charge in [-0.15, -0.1) is 0 Å². The van der Waals surface area contributed by atoms with Gasteiger partial charge in [0, 0.05) is 27.4 Å². The Labute approximate surface area is 310 Å². The van der Waals surface area contributed by atoms with Crippen molar-refractivity contribution in [3.05, 3.63) is 199 Å². The highest BCUT2D eigenvalue weighted by Gasteiger charge is 2.38. The molecule has 2 heteroatoms. The van der Waals surface area contributed by atoms with Gasteiger partial charge in [0.15, 0.2) is 0 Å². The summed E-state index contributed by atoms with van der Waals surface area (Å²) in [5, 5.41) is 2.28. The molecule has 0 atom stereocenters. The molecule has 1 aliphatic rings. The summed E-state index contributed by atoms with van der Waals surface area (Å²) in [6.45, 7) is 4.75. The molecule has 0 fully saturated rings. The van der Waals surface area contributed by atoms with Crippen molar-refractivity contribution in [2.75, 3.05) is 4.90 Å². The van der Waals surface area contributed by atoms with Crippen LogP contribution < -0.4 is 4.90 Å². The number of benzene rings is 8. The van der Waals surface area contributed by atoms with Crippen molar-refractivity contribution >= 4 is 39.0 Å². The monoisotopic (exact) mass is 679 g/mol. The Bertz CT molecular complexity index is 2740. The highest BCUT2D eigenvalue weighted by atomic mass is 16.3. The lowest BCUT2D eigenvalue weighted by Crippen LogP contribution is -2.30. The largest absolute Gasteiger partial charge is 0.455 e. The predicted octanol–water partition coefficient (Wildman–Crippen LogP) is 14.4. The molecule has 252 valence electrons. The molecule has 9 aromatic rings. The van der Waals surface area contributed by atoms with Crippen LogP contribution in [0.3, 0.4) is 0 Å². The van der Waals surface area contributed by atoms with Crippen molar-refractivity contribution in [3.63, 3.8) is 0 Å². The van der Waals surface area contributed by atoms with E-state index in [1.165, 1.54) is 55.9 Å². The second-order valence-corrected chi connectivity index (χ2v) is 14.6. The Kier molecular flexibility index (Phi) is 7.19. The third-order valence-corrected chi connectivity index (χ3v) is 11.0. The molecular weight excluding hydrogens is 643 g/mol. The van der Waals surface area contributed by atoms with Gasteiger partial charge in [-0.05, 0) is 98.6 Å². The molecule has 0 saturated heterocycles. The van der Waals surface area contributed by atoms with Crippen molar-refractivity contribution in [2.24, 2.45) is 0 Å². The second kappa shape index (κ2) is 12.3. The number of fused-ring (bicyclic) bond motifs is 5. The zero-order valence-corrected chi connectivity index (χ0v) is 29.8. The zero-order chi connectivity index (χ0) is 35.5. The molecule has 0 bridgehead atoms. The average molecular weight is 680 g/mol. The molecule has 10 rings (SSSR count). The van der Waals surface area contributed by atoms with Crippen molar-refractivity contribution in [1.29, 1.82) is 0 Å². The van der Waals surface area contributed by atoms with Crippen LogP contribution in [-0.4, -0.2) is 0 Å². The summed E-state index contributed by atoms with van der Waals surface area (Å²) in [6, 6.07) is 68.0. The minimum absolute atomic E-state index is 0.303. The summed E-state index contributed by atoms with van der Waals surface area (Å²) in [4.78, 5) is 2.48. The maximum absolute atomic E-state index is 6.55. The van der Waals surface area contributed by atoms with Gasteiger partial charge in [-0.1, -0.05) is 153 Å². The number of furan rings is 1. The summed E-state index contributed by atoms with van der Waals surface area (Å²) in [7, 11) is 0. The molecule has 0 amide bonds. The highest BCUT2D eigenvalue weighted by molar-refractivity contribution is 6.09. The molecule has 0 saturated carbocycles. The van der Waals surface area contributed by atoms with Crippen LogP contribution in [0.15, 0.2) is 192 Å². The van der Waals surface area contributed by atoms with Gasteiger partial charge in [-0.3, -0.25) is 0 Å². The fourth-order valence-corrected chi connectivity index (χ4v) is 8.30. The van der Waals surface area contributed by atoms with Gasteiger partial charge in [-0.2, -0.15) is 0 Å². The lowest BCUT2D eigenvalue weighted by Gasteiger charge is -2.42. The fraction of sp³-hybridized carbons (Fsp3) is 0.0588. The summed E-state index contributed by atoms with van der Waals surface area (Å²) in [6.07, 6.45) is 0. The third-order valence-electron chi connectivity index (χ3n) is 11.0. The van der Waals surface area contributed by atoms with E-state index in [-0.39, 0.29) is 5.41 Å². The molecule has 2 nitrogen and oxygen atoms in total. The fourth-order valence-electron chi connectivity index (χ4n) is 8.30. The van der Waals surface area contributed by atoms with Gasteiger partial charge in [0.1, 0.15) is 11.2 Å². The van der Waals surface area contributed by atoms with Crippen molar-refractivity contribution in [1.82, 2.24) is 0 Å². The zero-order valence-electron chi connectivity index (χ0n) is 29.8. The summed E-state index contributed by atoms with van der Waals surface area (Å²) in [5.41, 5.74) is 17.0. The number of hydrogen-bond donors (Lipinski definition) is 0. The Hall–Kier alpha value is -6.64. The Morgan fingerprint density at radius 2 is 0.906 bits per heavy atom. The molecule has 0 aliphatic carbocycles. The molecule has 0 unspecified atom stereocenters. The SMILES string of the molecule is CC1(C)c2cc(-c3ccccc3)ccc2N(c2cc(-c3ccccc3)cc(-c3ccccc3)c2)c2ccc(-c3cccc4c3oc3ccccc34)cc21. The number of anilines is 3. The number of hydrogen-bond acceptors (Lipinski definition) is 2. The minimum Gasteiger partial charge on any atom is -0.455 e. The van der Waals surface area contributed by atoms with E-state index in [9.17, 15) is 0 Å². The number of rotatable bonds is 5. The van der Waals surface area contributed by atoms with Gasteiger partial charge in [-0.25, -0.2) is 0 Å². The van der Waals surface area contributed by atoms with Crippen LogP contribution >= 0.6 is 0 Å². The summed E-state index contributed by atoms with van der Waals surface area (Å²) in [5.74, 6) is 0. The lowest BCUT2D eigenvalue weighted by molar-refractivity contribution is 0.632. The minimum atomic E-state index is -0.303. The molecule has 0 radical (unpaired) electrons. The topological polar surface area (TPSA) is 16.4 Å². The van der Waals surface area contributed by atoms with Gasteiger partial charge in [0.05, 0.1) is 11.4 Å². The molecule has 8 aromatic carbocycles. The van der Waals surface area contributed by atoms with Crippen LogP contribution in [0.4, 0.5) is 17.1 Å². The van der Waals surface area contributed by atoms with Crippen molar-refractivity contribution in [3.8, 4) is 44.5 Å². The lowest BCUT2D eigenvalue weighted by atomic mass is 9.72. The van der Waals surface area contributed by atoms with Crippen molar-refractivity contribution in [2.45, 2.75) is 19.3 Å². The van der Waals surface area contributed by atoms with Crippen molar-refractivity contribution < 1.29 is 4.42 Å². The molecule has 1 aliphatic heterocycles. The molecule has 0 spiro atoms. The Balaban J connectivity index is 1.23. The first-order valence-corrected chi connectivity index (χ1v) is 18.3. The van der Waals surface area contributed by atoms with E-state index < -0.39 is 0 Å². The van der Waals surface area contributed by atoms with E-state index in [2.05, 4.69) is 201 Å². The van der Waals surface area contributed by atoms with E-state index in [0.717, 1.165) is 38.8 Å². The first kappa shape index (κ1) is 31.1. The number of para-hydroxylation sites is 2. The second-order valence-electron chi connectivity index (χ2n) is 14.6. The van der Waals surface area contributed by atoms with E-state index in [1.807, 2.05) is 6.07 Å². The average Bonchev–Trinajstić information content (AvgIpc) is 3.61. The van der Waals surface area contributed by atoms with Gasteiger partial charge >= 0.3 is 0 Å². The van der Waals surface area contributed by atoms with Crippen LogP contribution in [0.5, 0.6) is 0 Å². The molecule has 1 aromatic heterocycles. The van der Waals surface area contributed by atoms with Crippen LogP contribution in [0.1, 0.15) is 25.0 Å². The van der Waals surface area contributed by atoms with Gasteiger partial charge in [0.25, 0.3) is 0 Å². The normalized spacial score (nSPS) is 13.2.